The molecule has 64 valence electrons. The second-order valence-electron chi connectivity index (χ2n) is 4.03. The maximum absolute atomic E-state index is 3.46. The molecular formula is C10H14N2. The van der Waals surface area contributed by atoms with Crippen LogP contribution in [0.15, 0.2) is 23.9 Å². The van der Waals surface area contributed by atoms with Crippen LogP contribution in [0.25, 0.3) is 0 Å². The highest BCUT2D eigenvalue weighted by atomic mass is 15.2. The second kappa shape index (κ2) is 2.36. The van der Waals surface area contributed by atoms with Crippen molar-refractivity contribution in [3.8, 4) is 0 Å². The van der Waals surface area contributed by atoms with Crippen molar-refractivity contribution in [1.82, 2.24) is 10.2 Å². The third kappa shape index (κ3) is 0.845. The first-order valence-electron chi connectivity index (χ1n) is 4.77. The van der Waals surface area contributed by atoms with Crippen molar-refractivity contribution < 1.29 is 0 Å². The summed E-state index contributed by atoms with van der Waals surface area (Å²) in [5.41, 5.74) is 1.45. The molecule has 3 aliphatic rings. The van der Waals surface area contributed by atoms with Crippen LogP contribution in [0, 0.1) is 11.8 Å². The minimum absolute atomic E-state index is 0.917. The molecule has 0 bridgehead atoms. The van der Waals surface area contributed by atoms with Crippen LogP contribution in [0.1, 0.15) is 0 Å². The van der Waals surface area contributed by atoms with Crippen molar-refractivity contribution in [2.45, 2.75) is 0 Å². The van der Waals surface area contributed by atoms with Gasteiger partial charge in [0.05, 0.1) is 0 Å². The van der Waals surface area contributed by atoms with Gasteiger partial charge in [-0.1, -0.05) is 6.08 Å². The van der Waals surface area contributed by atoms with E-state index in [2.05, 4.69) is 28.4 Å². The van der Waals surface area contributed by atoms with Crippen LogP contribution < -0.4 is 5.32 Å². The Kier molecular flexibility index (Phi) is 1.32. The van der Waals surface area contributed by atoms with Crippen LogP contribution in [0.4, 0.5) is 0 Å². The molecule has 1 N–H and O–H groups in total. The van der Waals surface area contributed by atoms with Gasteiger partial charge in [-0.2, -0.15) is 0 Å². The molecule has 1 aliphatic carbocycles. The molecule has 2 unspecified atom stereocenters. The maximum Gasteiger partial charge on any atom is 0.0366 e. The quantitative estimate of drug-likeness (QED) is 0.607. The molecule has 0 spiro atoms. The van der Waals surface area contributed by atoms with Crippen LogP contribution in [-0.4, -0.2) is 31.1 Å². The molecule has 0 saturated carbocycles. The Hall–Kier alpha value is -0.760. The fraction of sp³-hybridized carbons (Fsp3) is 0.600. The fourth-order valence-corrected chi connectivity index (χ4v) is 2.46. The number of hydrogen-bond donors (Lipinski definition) is 1. The zero-order chi connectivity index (χ0) is 7.97. The van der Waals surface area contributed by atoms with E-state index in [-0.39, 0.29) is 0 Å². The molecule has 12 heavy (non-hydrogen) atoms. The Bertz CT molecular complexity index is 243. The van der Waals surface area contributed by atoms with E-state index in [4.69, 9.17) is 0 Å². The molecule has 2 aliphatic heterocycles. The van der Waals surface area contributed by atoms with Crippen molar-refractivity contribution in [2.24, 2.45) is 11.8 Å². The predicted octanol–water partition coefficient (Wildman–Crippen LogP) is 0.591. The van der Waals surface area contributed by atoms with Crippen molar-refractivity contribution in [2.75, 3.05) is 26.2 Å². The van der Waals surface area contributed by atoms with Gasteiger partial charge in [0.25, 0.3) is 0 Å². The lowest BCUT2D eigenvalue weighted by Crippen LogP contribution is -2.25. The summed E-state index contributed by atoms with van der Waals surface area (Å²) in [6.07, 6.45) is 6.56. The molecule has 0 radical (unpaired) electrons. The minimum Gasteiger partial charge on any atom is -0.371 e. The third-order valence-corrected chi connectivity index (χ3v) is 3.29. The van der Waals surface area contributed by atoms with E-state index in [1.165, 1.54) is 31.9 Å². The molecule has 0 aromatic carbocycles. The zero-order valence-electron chi connectivity index (χ0n) is 7.16. The van der Waals surface area contributed by atoms with E-state index < -0.39 is 0 Å². The normalized spacial score (nSPS) is 38.0. The number of hydrogen-bond acceptors (Lipinski definition) is 2. The summed E-state index contributed by atoms with van der Waals surface area (Å²) in [6.45, 7) is 5.01. The Balaban J connectivity index is 1.71. The summed E-state index contributed by atoms with van der Waals surface area (Å²) < 4.78 is 0. The number of fused-ring (bicyclic) bond motifs is 1. The minimum atomic E-state index is 0.917. The highest BCUT2D eigenvalue weighted by Gasteiger charge is 2.36. The van der Waals surface area contributed by atoms with Gasteiger partial charge in [0, 0.05) is 31.9 Å². The SMILES string of the molecule is C1=CC(N2CC3CNCC3C2)=C1. The smallest absolute Gasteiger partial charge is 0.0366 e. The van der Waals surface area contributed by atoms with Crippen molar-refractivity contribution in [1.29, 1.82) is 0 Å². The number of nitrogens with one attached hydrogen (secondary N) is 1. The molecule has 3 rings (SSSR count). The molecule has 0 aromatic heterocycles. The molecule has 2 fully saturated rings. The Morgan fingerprint density at radius 1 is 1.25 bits per heavy atom. The van der Waals surface area contributed by atoms with Crippen molar-refractivity contribution in [3.05, 3.63) is 23.9 Å². The summed E-state index contributed by atoms with van der Waals surface area (Å²) in [5, 5.41) is 3.46. The highest BCUT2D eigenvalue weighted by Crippen LogP contribution is 2.30. The fourth-order valence-electron chi connectivity index (χ4n) is 2.46. The Labute approximate surface area is 72.9 Å². The van der Waals surface area contributed by atoms with Crippen LogP contribution in [-0.2, 0) is 0 Å². The van der Waals surface area contributed by atoms with Gasteiger partial charge in [-0.15, -0.1) is 0 Å². The second-order valence-corrected chi connectivity index (χ2v) is 4.03. The van der Waals surface area contributed by atoms with E-state index in [0.29, 0.717) is 0 Å². The van der Waals surface area contributed by atoms with E-state index in [9.17, 15) is 0 Å². The van der Waals surface area contributed by atoms with E-state index in [1.807, 2.05) is 0 Å². The van der Waals surface area contributed by atoms with Crippen molar-refractivity contribution >= 4 is 0 Å². The van der Waals surface area contributed by atoms with Gasteiger partial charge in [-0.05, 0) is 24.0 Å². The van der Waals surface area contributed by atoms with E-state index >= 15 is 0 Å². The first kappa shape index (κ1) is 6.72. The summed E-state index contributed by atoms with van der Waals surface area (Å²) in [4.78, 5) is 2.52. The van der Waals surface area contributed by atoms with Gasteiger partial charge in [-0.3, -0.25) is 0 Å². The number of nitrogens with zero attached hydrogens (tertiary/aromatic N) is 1. The first-order chi connectivity index (χ1) is 5.93. The largest absolute Gasteiger partial charge is 0.371 e. The van der Waals surface area contributed by atoms with Gasteiger partial charge < -0.3 is 10.2 Å². The summed E-state index contributed by atoms with van der Waals surface area (Å²) in [5.74, 6) is 1.83. The first-order valence-corrected chi connectivity index (χ1v) is 4.77. The molecule has 2 saturated heterocycles. The Morgan fingerprint density at radius 2 is 1.92 bits per heavy atom. The Morgan fingerprint density at radius 3 is 2.42 bits per heavy atom. The lowest BCUT2D eigenvalue weighted by atomic mass is 10.0. The third-order valence-electron chi connectivity index (χ3n) is 3.29. The molecule has 2 heteroatoms. The van der Waals surface area contributed by atoms with Crippen LogP contribution in [0.3, 0.4) is 0 Å². The lowest BCUT2D eigenvalue weighted by Gasteiger charge is -2.23. The molecule has 2 heterocycles. The molecular weight excluding hydrogens is 148 g/mol. The summed E-state index contributed by atoms with van der Waals surface area (Å²) in [7, 11) is 0. The van der Waals surface area contributed by atoms with E-state index in [0.717, 1.165) is 11.8 Å². The molecule has 2 nitrogen and oxygen atoms in total. The van der Waals surface area contributed by atoms with Gasteiger partial charge in [0.2, 0.25) is 0 Å². The average molecular weight is 162 g/mol. The molecule has 0 aromatic rings. The van der Waals surface area contributed by atoms with Crippen LogP contribution >= 0.6 is 0 Å². The summed E-state index contributed by atoms with van der Waals surface area (Å²) >= 11 is 0. The average Bonchev–Trinajstić information content (AvgIpc) is 2.40. The molecule has 0 amide bonds. The van der Waals surface area contributed by atoms with Crippen LogP contribution in [0.2, 0.25) is 0 Å². The van der Waals surface area contributed by atoms with Gasteiger partial charge in [-0.25, -0.2) is 0 Å². The standard InChI is InChI=1S/C10H14N2/c1-2-10(3-1)12-6-8-4-11-5-9(8)7-12/h1-3,8-9,11H,4-7H2. The van der Waals surface area contributed by atoms with E-state index in [1.54, 1.807) is 0 Å². The molecule has 2 atom stereocenters. The summed E-state index contributed by atoms with van der Waals surface area (Å²) in [6, 6.07) is 0. The lowest BCUT2D eigenvalue weighted by molar-refractivity contribution is 0.399. The van der Waals surface area contributed by atoms with Crippen LogP contribution in [0.5, 0.6) is 0 Å². The maximum atomic E-state index is 3.46. The number of allylic oxidation sites excluding steroid dienone is 3. The number of likely N-dealkylation sites (tertiary alicyclic amines) is 1. The topological polar surface area (TPSA) is 15.3 Å². The highest BCUT2D eigenvalue weighted by molar-refractivity contribution is 5.34. The van der Waals surface area contributed by atoms with Gasteiger partial charge >= 0.3 is 0 Å². The monoisotopic (exact) mass is 162 g/mol. The zero-order valence-corrected chi connectivity index (χ0v) is 7.16. The van der Waals surface area contributed by atoms with Gasteiger partial charge in [0.15, 0.2) is 0 Å². The number of rotatable bonds is 1. The van der Waals surface area contributed by atoms with Crippen molar-refractivity contribution in [3.63, 3.8) is 0 Å². The van der Waals surface area contributed by atoms with Gasteiger partial charge in [0.1, 0.15) is 0 Å². The predicted molar refractivity (Wildman–Crippen MR) is 48.6 cm³/mol.